The van der Waals surface area contributed by atoms with E-state index in [1.54, 1.807) is 12.1 Å². The number of hydrazine groups is 1. The Morgan fingerprint density at radius 3 is 2.18 bits per heavy atom. The third-order valence-electron chi connectivity index (χ3n) is 3.42. The van der Waals surface area contributed by atoms with E-state index in [-0.39, 0.29) is 6.15 Å². The molecule has 7 N–H and O–H groups in total. The van der Waals surface area contributed by atoms with Crippen molar-refractivity contribution in [2.75, 3.05) is 0 Å². The van der Waals surface area contributed by atoms with Crippen LogP contribution in [-0.4, -0.2) is 6.34 Å². The molecule has 0 radical (unpaired) electrons. The molecule has 0 saturated heterocycles. The summed E-state index contributed by atoms with van der Waals surface area (Å²) in [6.07, 6.45) is 1.50. The molecule has 7 heteroatoms. The number of aliphatic imine (C=N–C) groups is 1. The van der Waals surface area contributed by atoms with E-state index in [9.17, 15) is 0 Å². The van der Waals surface area contributed by atoms with Gasteiger partial charge in [-0.25, -0.2) is 4.99 Å². The average Bonchev–Trinajstić information content (AvgIpc) is 2.88. The van der Waals surface area contributed by atoms with Gasteiger partial charge in [0.1, 0.15) is 6.34 Å². The smallest absolute Gasteiger partial charge is 0.206 e. The van der Waals surface area contributed by atoms with Gasteiger partial charge in [-0.3, -0.25) is 5.73 Å². The number of nitrogens with two attached hydrogens (primary N) is 1. The molecule has 0 bridgehead atoms. The molecule has 3 rings (SSSR count). The van der Waals surface area contributed by atoms with Crippen LogP contribution in [-0.2, 0) is 5.79 Å². The molecule has 0 fully saturated rings. The number of halogens is 2. The minimum atomic E-state index is -1.06. The summed E-state index contributed by atoms with van der Waals surface area (Å²) in [5.41, 5.74) is 15.4. The Bertz CT molecular complexity index is 691. The van der Waals surface area contributed by atoms with Crippen molar-refractivity contribution in [1.82, 2.24) is 17.0 Å². The third kappa shape index (κ3) is 2.95. The molecular weight excluding hydrogens is 321 g/mol. The molecule has 1 unspecified atom stereocenters. The summed E-state index contributed by atoms with van der Waals surface area (Å²) < 4.78 is 0. The summed E-state index contributed by atoms with van der Waals surface area (Å²) in [4.78, 5) is 4.15. The zero-order valence-corrected chi connectivity index (χ0v) is 13.5. The summed E-state index contributed by atoms with van der Waals surface area (Å²) in [7, 11) is 0. The Kier molecular flexibility index (Phi) is 4.75. The van der Waals surface area contributed by atoms with E-state index in [2.05, 4.69) is 15.8 Å². The summed E-state index contributed by atoms with van der Waals surface area (Å²) in [6.45, 7) is 2.03. The van der Waals surface area contributed by atoms with E-state index in [0.717, 1.165) is 11.1 Å². The average molecular weight is 338 g/mol. The van der Waals surface area contributed by atoms with Crippen molar-refractivity contribution in [1.29, 1.82) is 0 Å². The maximum atomic E-state index is 6.41. The van der Waals surface area contributed by atoms with Gasteiger partial charge >= 0.3 is 0 Å². The Morgan fingerprint density at radius 2 is 1.68 bits per heavy atom. The number of benzene rings is 2. The summed E-state index contributed by atoms with van der Waals surface area (Å²) in [6, 6.07) is 11.6. The highest BCUT2D eigenvalue weighted by molar-refractivity contribution is 6.39. The van der Waals surface area contributed by atoms with Gasteiger partial charge in [0.05, 0.1) is 10.0 Å². The predicted molar refractivity (Wildman–Crippen MR) is 92.3 cm³/mol. The fourth-order valence-corrected chi connectivity index (χ4v) is 2.95. The van der Waals surface area contributed by atoms with Crippen LogP contribution in [0.2, 0.25) is 10.0 Å². The largest absolute Gasteiger partial charge is 0.344 e. The second kappa shape index (κ2) is 6.24. The van der Waals surface area contributed by atoms with Gasteiger partial charge < -0.3 is 11.6 Å². The van der Waals surface area contributed by atoms with Crippen molar-refractivity contribution < 1.29 is 0 Å². The minimum Gasteiger partial charge on any atom is -0.344 e. The van der Waals surface area contributed by atoms with Crippen molar-refractivity contribution in [3.63, 3.8) is 0 Å². The topological polar surface area (TPSA) is 97.4 Å². The summed E-state index contributed by atoms with van der Waals surface area (Å²) in [5.74, 6) is -1.06. The molecule has 22 heavy (non-hydrogen) atoms. The third-order valence-corrected chi connectivity index (χ3v) is 4.01. The van der Waals surface area contributed by atoms with Gasteiger partial charge in [-0.1, -0.05) is 53.0 Å². The number of hydrogen-bond acceptors (Lipinski definition) is 5. The van der Waals surface area contributed by atoms with E-state index >= 15 is 0 Å². The van der Waals surface area contributed by atoms with E-state index in [1.165, 1.54) is 11.9 Å². The van der Waals surface area contributed by atoms with Crippen LogP contribution in [0.4, 0.5) is 0 Å². The Balaban J connectivity index is 0.00000176. The molecule has 1 heterocycles. The SMILES string of the molecule is Cc1ccc(-c2c(Cl)cc(C3(N)N=CNN3)cc2Cl)cc1.N. The van der Waals surface area contributed by atoms with Gasteiger partial charge in [-0.05, 0) is 24.6 Å². The van der Waals surface area contributed by atoms with Gasteiger partial charge in [0.25, 0.3) is 0 Å². The molecule has 1 aliphatic rings. The van der Waals surface area contributed by atoms with Crippen molar-refractivity contribution in [3.8, 4) is 11.1 Å². The highest BCUT2D eigenvalue weighted by atomic mass is 35.5. The maximum Gasteiger partial charge on any atom is 0.206 e. The van der Waals surface area contributed by atoms with E-state index < -0.39 is 5.79 Å². The quantitative estimate of drug-likeness (QED) is 0.675. The normalized spacial score (nSPS) is 19.6. The van der Waals surface area contributed by atoms with Crippen LogP contribution in [0.1, 0.15) is 11.1 Å². The van der Waals surface area contributed by atoms with Gasteiger partial charge in [0.2, 0.25) is 5.79 Å². The Hall–Kier alpha value is -1.63. The summed E-state index contributed by atoms with van der Waals surface area (Å²) >= 11 is 12.8. The Morgan fingerprint density at radius 1 is 1.09 bits per heavy atom. The monoisotopic (exact) mass is 337 g/mol. The lowest BCUT2D eigenvalue weighted by Gasteiger charge is -2.22. The molecule has 0 amide bonds. The van der Waals surface area contributed by atoms with Gasteiger partial charge in [0.15, 0.2) is 0 Å². The van der Waals surface area contributed by atoms with Crippen LogP contribution < -0.4 is 22.7 Å². The second-order valence-corrected chi connectivity index (χ2v) is 5.79. The molecule has 5 nitrogen and oxygen atoms in total. The van der Waals surface area contributed by atoms with Crippen molar-refractivity contribution in [3.05, 3.63) is 57.6 Å². The summed E-state index contributed by atoms with van der Waals surface area (Å²) in [5, 5.41) is 1.07. The van der Waals surface area contributed by atoms with Crippen LogP contribution in [0.5, 0.6) is 0 Å². The lowest BCUT2D eigenvalue weighted by atomic mass is 10.0. The van der Waals surface area contributed by atoms with Crippen LogP contribution in [0.25, 0.3) is 11.1 Å². The number of aryl methyl sites for hydroxylation is 1. The van der Waals surface area contributed by atoms with Crippen molar-refractivity contribution >= 4 is 29.5 Å². The lowest BCUT2D eigenvalue weighted by molar-refractivity contribution is 0.375. The van der Waals surface area contributed by atoms with E-state index in [0.29, 0.717) is 15.6 Å². The van der Waals surface area contributed by atoms with E-state index in [4.69, 9.17) is 28.9 Å². The first-order valence-corrected chi connectivity index (χ1v) is 7.17. The Labute approximate surface area is 139 Å². The highest BCUT2D eigenvalue weighted by Crippen LogP contribution is 2.37. The van der Waals surface area contributed by atoms with Gasteiger partial charge in [0, 0.05) is 11.1 Å². The molecule has 0 aromatic heterocycles. The first-order valence-electron chi connectivity index (χ1n) is 6.41. The van der Waals surface area contributed by atoms with Crippen LogP contribution >= 0.6 is 23.2 Å². The van der Waals surface area contributed by atoms with Crippen molar-refractivity contribution in [2.45, 2.75) is 12.7 Å². The zero-order chi connectivity index (χ0) is 15.0. The number of nitrogens with zero attached hydrogens (tertiary/aromatic N) is 1. The molecule has 0 aliphatic carbocycles. The lowest BCUT2D eigenvalue weighted by Crippen LogP contribution is -2.49. The minimum absolute atomic E-state index is 0. The fraction of sp³-hybridized carbons (Fsp3) is 0.133. The molecule has 2 aromatic rings. The first-order chi connectivity index (χ1) is 9.99. The van der Waals surface area contributed by atoms with Crippen LogP contribution in [0.15, 0.2) is 41.4 Å². The molecule has 116 valence electrons. The molecule has 2 aromatic carbocycles. The van der Waals surface area contributed by atoms with Gasteiger partial charge in [-0.15, -0.1) is 0 Å². The van der Waals surface area contributed by atoms with E-state index in [1.807, 2.05) is 31.2 Å². The zero-order valence-electron chi connectivity index (χ0n) is 12.0. The molecule has 1 aliphatic heterocycles. The highest BCUT2D eigenvalue weighted by Gasteiger charge is 2.30. The van der Waals surface area contributed by atoms with Gasteiger partial charge in [-0.2, -0.15) is 5.43 Å². The van der Waals surface area contributed by atoms with Crippen molar-refractivity contribution in [2.24, 2.45) is 10.7 Å². The van der Waals surface area contributed by atoms with Crippen LogP contribution in [0.3, 0.4) is 0 Å². The molecule has 0 spiro atoms. The number of hydrogen-bond donors (Lipinski definition) is 4. The molecule has 1 atom stereocenters. The van der Waals surface area contributed by atoms with Crippen LogP contribution in [0, 0.1) is 6.92 Å². The predicted octanol–water partition coefficient (Wildman–Crippen LogP) is 3.34. The first kappa shape index (κ1) is 16.7. The molecule has 0 saturated carbocycles. The standard InChI is InChI=1S/C15H14Cl2N4.H3N/c1-9-2-4-10(5-3-9)14-12(16)6-11(7-13(14)17)15(18)19-8-20-21-15;/h2-8,21H,18H2,1H3,(H,19,20);1H3. The molecular formula is C15H17Cl2N5. The maximum absolute atomic E-state index is 6.41. The number of nitrogens with one attached hydrogen (secondary N) is 2. The fourth-order valence-electron chi connectivity index (χ4n) is 2.24. The number of rotatable bonds is 2. The second-order valence-electron chi connectivity index (χ2n) is 4.97.